The van der Waals surface area contributed by atoms with E-state index < -0.39 is 0 Å². The summed E-state index contributed by atoms with van der Waals surface area (Å²) in [5.41, 5.74) is 0.687. The molecule has 1 aliphatic heterocycles. The van der Waals surface area contributed by atoms with Gasteiger partial charge in [-0.05, 0) is 130 Å². The molecule has 0 atom stereocenters. The van der Waals surface area contributed by atoms with Crippen molar-refractivity contribution in [1.82, 2.24) is 4.90 Å². The van der Waals surface area contributed by atoms with Gasteiger partial charge in [-0.1, -0.05) is 41.5 Å². The van der Waals surface area contributed by atoms with Gasteiger partial charge in [0, 0.05) is 563 Å². The van der Waals surface area contributed by atoms with E-state index in [1.54, 1.807) is 0 Å². The molecule has 0 radical (unpaired) electrons. The van der Waals surface area contributed by atoms with Gasteiger partial charge in [-0.25, -0.2) is 0 Å². The molecule has 0 bridgehead atoms. The first-order chi connectivity index (χ1) is 64.4. The molecule has 0 saturated carbocycles. The molecule has 0 aromatic carbocycles. The van der Waals surface area contributed by atoms with Crippen LogP contribution in [0.4, 0.5) is 0 Å². The summed E-state index contributed by atoms with van der Waals surface area (Å²) in [4.78, 5) is 23.5. The van der Waals surface area contributed by atoms with Crippen LogP contribution in [0.15, 0.2) is 12.2 Å². The SMILES string of the molecule is C#CC#CC#CC#CC#CC#CC#CC#CC#CC#CC#CC#CC#CC#CC#CC#CC#CC#CC#CC#CC#CC#CC#CC#CC#CC#CC#CC#CC#CC#CC#CC#CC#CC#CC#CC#CC#CC#CC#CC#CC#CC#CC#CC#CC#CC#CC#CC#CC#CC#CC#CC#CC#CC#CC#C.CC(C)(C)CCN1C(=O)C=CC1=O.CSCCC(C)(C)C. The zero-order valence-corrected chi connectivity index (χ0v) is 70.6. The minimum absolute atomic E-state index is 0.156. The fraction of sp³-hybridized carbons (Fsp3) is 0.102. The second kappa shape index (κ2) is 92.2. The summed E-state index contributed by atoms with van der Waals surface area (Å²) in [5.74, 6) is 269. The Morgan fingerprint density at radius 2 is 0.275 bits per heavy atom. The predicted molar refractivity (Wildman–Crippen MR) is 522 cm³/mol. The number of terminal acetylenes is 2. The van der Waals surface area contributed by atoms with Crippen LogP contribution >= 0.6 is 11.8 Å². The van der Waals surface area contributed by atoms with Crippen LogP contribution < -0.4 is 0 Å². The lowest BCUT2D eigenvalue weighted by Gasteiger charge is -2.21. The number of hydrogen-bond donors (Lipinski definition) is 0. The van der Waals surface area contributed by atoms with Crippen LogP contribution in [0.2, 0.25) is 0 Å². The second-order valence-corrected chi connectivity index (χ2v) is 22.3. The molecular formula is C127H33NO2S. The number of rotatable bonds is 4. The fourth-order valence-corrected chi connectivity index (χ4v) is 5.65. The van der Waals surface area contributed by atoms with Crippen molar-refractivity contribution < 1.29 is 9.59 Å². The van der Waals surface area contributed by atoms with Gasteiger partial charge in [0.25, 0.3) is 11.8 Å². The third-order valence-electron chi connectivity index (χ3n) is 9.75. The highest BCUT2D eigenvalue weighted by Crippen LogP contribution is 2.21. The van der Waals surface area contributed by atoms with Gasteiger partial charge in [0.2, 0.25) is 0 Å². The quantitative estimate of drug-likeness (QED) is 0.307. The predicted octanol–water partition coefficient (Wildman–Crippen LogP) is 4.57. The van der Waals surface area contributed by atoms with Crippen molar-refractivity contribution in [2.24, 2.45) is 10.8 Å². The Morgan fingerprint density at radius 1 is 0.183 bits per heavy atom. The summed E-state index contributed by atoms with van der Waals surface area (Å²) in [6.07, 6.45) is 16.9. The number of nitrogens with zero attached hydrogens (tertiary/aromatic N) is 1. The maximum absolute atomic E-state index is 11.1. The van der Waals surface area contributed by atoms with E-state index in [-0.39, 0.29) is 17.2 Å². The van der Waals surface area contributed by atoms with Crippen LogP contribution in [-0.4, -0.2) is 35.3 Å². The highest BCUT2D eigenvalue weighted by atomic mass is 32.2. The summed E-state index contributed by atoms with van der Waals surface area (Å²) in [7, 11) is 0. The standard InChI is InChI=1S/C110H2.C10H15NO2.C7H16S/c1-3-5-7-9-11-13-15-17-19-21-23-25-27-29-31-33-35-37-39-41-43-45-47-49-51-53-55-57-59-61-63-65-67-69-71-73-75-77-79-81-83-85-87-89-91-93-95-97-99-101-103-105-107-109-110-108-106-104-102-100-98-96-94-92-90-88-86-84-82-80-78-76-74-72-70-68-66-64-62-60-58-56-54-52-50-48-46-44-42-40-38-36-34-32-30-28-26-24-22-20-18-16-14-12-10-8-6-4-2;1-10(2,3)6-7-11-8(12)4-5-9(11)13;1-7(2,3)5-6-8-4/h1-2H;4-5H,6-7H2,1-3H3;5-6H2,1-4H3. The molecule has 0 aromatic heterocycles. The summed E-state index contributed by atoms with van der Waals surface area (Å²) in [6.45, 7) is 13.6. The first-order valence-electron chi connectivity index (χ1n) is 34.8. The summed E-state index contributed by atoms with van der Waals surface area (Å²) in [6, 6.07) is 0. The third-order valence-corrected chi connectivity index (χ3v) is 10.4. The van der Waals surface area contributed by atoms with Crippen LogP contribution in [0.25, 0.3) is 0 Å². The van der Waals surface area contributed by atoms with E-state index >= 15 is 0 Å². The molecule has 0 fully saturated rings. The highest BCUT2D eigenvalue weighted by Gasteiger charge is 2.24. The van der Waals surface area contributed by atoms with Gasteiger partial charge in [-0.3, -0.25) is 14.5 Å². The number of imide groups is 1. The van der Waals surface area contributed by atoms with Crippen LogP contribution in [0.3, 0.4) is 0 Å². The van der Waals surface area contributed by atoms with Crippen molar-refractivity contribution >= 4 is 23.6 Å². The van der Waals surface area contributed by atoms with Gasteiger partial charge in [-0.15, -0.1) is 12.8 Å². The number of carbonyl (C=O) groups excluding carboxylic acids is 2. The van der Waals surface area contributed by atoms with Crippen LogP contribution in [-0.2, 0) is 9.59 Å². The zero-order valence-electron chi connectivity index (χ0n) is 69.8. The first kappa shape index (κ1) is 108. The number of hydrogen-bond acceptors (Lipinski definition) is 3. The van der Waals surface area contributed by atoms with E-state index in [1.807, 2.05) is 11.8 Å². The highest BCUT2D eigenvalue weighted by molar-refractivity contribution is 7.98. The first-order valence-corrected chi connectivity index (χ1v) is 36.2. The summed E-state index contributed by atoms with van der Waals surface area (Å²) >= 11 is 1.93. The van der Waals surface area contributed by atoms with Gasteiger partial charge in [0.05, 0.1) is 0 Å². The minimum Gasteiger partial charge on any atom is -0.275 e. The number of thioether (sulfide) groups is 1. The van der Waals surface area contributed by atoms with Crippen molar-refractivity contribution in [3.8, 4) is 652 Å². The molecule has 1 rings (SSSR count). The lowest BCUT2D eigenvalue weighted by atomic mass is 9.92. The molecule has 0 N–H and O–H groups in total. The Hall–Kier alpha value is -25.0. The maximum Gasteiger partial charge on any atom is 0.253 e. The molecule has 0 saturated heterocycles. The van der Waals surface area contributed by atoms with Crippen molar-refractivity contribution in [3.05, 3.63) is 12.2 Å². The van der Waals surface area contributed by atoms with Gasteiger partial charge in [0.1, 0.15) is 0 Å². The van der Waals surface area contributed by atoms with E-state index in [9.17, 15) is 9.59 Å². The van der Waals surface area contributed by atoms with Crippen LogP contribution in [0, 0.1) is 663 Å². The summed E-state index contributed by atoms with van der Waals surface area (Å²) < 4.78 is 0. The van der Waals surface area contributed by atoms with Crippen molar-refractivity contribution in [3.63, 3.8) is 0 Å². The molecule has 0 aromatic rings. The Morgan fingerprint density at radius 3 is 0.344 bits per heavy atom. The molecule has 0 unspecified atom stereocenters. The lowest BCUT2D eigenvalue weighted by molar-refractivity contribution is -0.137. The largest absolute Gasteiger partial charge is 0.275 e. The van der Waals surface area contributed by atoms with E-state index in [1.165, 1.54) is 29.2 Å². The molecule has 1 heterocycles. The average Bonchev–Trinajstić information content (AvgIpc) is 1.73. The smallest absolute Gasteiger partial charge is 0.253 e. The van der Waals surface area contributed by atoms with E-state index in [0.29, 0.717) is 12.0 Å². The molecule has 4 heteroatoms. The third kappa shape index (κ3) is 99.2. The minimum atomic E-state index is -0.186. The van der Waals surface area contributed by atoms with E-state index in [2.05, 4.69) is 687 Å². The number of amides is 2. The Bertz CT molecular complexity index is 8140. The average molecular weight is 1640 g/mol. The normalized spacial score (nSPS) is 5.76. The van der Waals surface area contributed by atoms with E-state index in [0.717, 1.165) is 6.42 Å². The van der Waals surface area contributed by atoms with Crippen LogP contribution in [0.5, 0.6) is 0 Å². The van der Waals surface area contributed by atoms with Gasteiger partial charge < -0.3 is 0 Å². The topological polar surface area (TPSA) is 37.4 Å². The van der Waals surface area contributed by atoms with Crippen LogP contribution in [0.1, 0.15) is 54.4 Å². The van der Waals surface area contributed by atoms with Gasteiger partial charge in [0.15, 0.2) is 0 Å². The van der Waals surface area contributed by atoms with E-state index in [4.69, 9.17) is 12.8 Å². The molecule has 131 heavy (non-hydrogen) atoms. The zero-order chi connectivity index (χ0) is 95.0. The van der Waals surface area contributed by atoms with Crippen molar-refractivity contribution in [1.29, 1.82) is 0 Å². The fourth-order valence-electron chi connectivity index (χ4n) is 4.83. The molecule has 2 amide bonds. The Kier molecular flexibility index (Phi) is 76.1. The number of carbonyl (C=O) groups is 2. The maximum atomic E-state index is 11.1. The molecule has 0 spiro atoms. The Balaban J connectivity index is 0. The second-order valence-electron chi connectivity index (χ2n) is 21.3. The molecule has 564 valence electrons. The molecular weight excluding hydrogens is 1600 g/mol. The monoisotopic (exact) mass is 1640 g/mol. The molecule has 3 nitrogen and oxygen atoms in total. The molecule has 0 aliphatic carbocycles. The van der Waals surface area contributed by atoms with Crippen molar-refractivity contribution in [2.75, 3.05) is 18.6 Å². The lowest BCUT2D eigenvalue weighted by Crippen LogP contribution is -2.32. The molecule has 1 aliphatic rings. The van der Waals surface area contributed by atoms with Gasteiger partial charge in [-0.2, -0.15) is 11.8 Å². The van der Waals surface area contributed by atoms with Gasteiger partial charge >= 0.3 is 0 Å². The summed E-state index contributed by atoms with van der Waals surface area (Å²) in [5, 5.41) is 0. The van der Waals surface area contributed by atoms with Crippen molar-refractivity contribution in [2.45, 2.75) is 54.4 Å². The Labute approximate surface area is 780 Å².